The Morgan fingerprint density at radius 2 is 1.88 bits per heavy atom. The second kappa shape index (κ2) is 10.3. The molecule has 2 fully saturated rings. The first-order valence-electron chi connectivity index (χ1n) is 11.8. The second-order valence-corrected chi connectivity index (χ2v) is 10.7. The first-order valence-corrected chi connectivity index (χ1v) is 13.2. The van der Waals surface area contributed by atoms with Crippen LogP contribution in [0.2, 0.25) is 0 Å². The Hall–Kier alpha value is -2.69. The zero-order valence-electron chi connectivity index (χ0n) is 19.7. The van der Waals surface area contributed by atoms with E-state index in [-0.39, 0.29) is 29.6 Å². The second-order valence-electron chi connectivity index (χ2n) is 8.84. The molecule has 9 nitrogen and oxygen atoms in total. The number of hydrogen-bond donors (Lipinski definition) is 1. The van der Waals surface area contributed by atoms with Crippen molar-refractivity contribution in [2.45, 2.75) is 50.1 Å². The van der Waals surface area contributed by atoms with Crippen LogP contribution in [0.1, 0.15) is 48.7 Å². The zero-order valence-corrected chi connectivity index (χ0v) is 20.5. The van der Waals surface area contributed by atoms with Crippen molar-refractivity contribution in [1.82, 2.24) is 13.8 Å². The number of amides is 1. The van der Waals surface area contributed by atoms with Gasteiger partial charge in [-0.2, -0.15) is 4.31 Å². The van der Waals surface area contributed by atoms with Crippen LogP contribution in [-0.4, -0.2) is 66.3 Å². The molecule has 184 valence electrons. The maximum Gasteiger partial charge on any atom is 0.354 e. The van der Waals surface area contributed by atoms with E-state index in [1.165, 1.54) is 34.0 Å². The van der Waals surface area contributed by atoms with Gasteiger partial charge in [-0.3, -0.25) is 9.69 Å². The van der Waals surface area contributed by atoms with E-state index < -0.39 is 22.0 Å². The van der Waals surface area contributed by atoms with Crippen molar-refractivity contribution >= 4 is 27.6 Å². The number of carbonyl (C=O) groups excluding carboxylic acids is 2. The van der Waals surface area contributed by atoms with Crippen LogP contribution in [-0.2, 0) is 33.1 Å². The van der Waals surface area contributed by atoms with Crippen LogP contribution in [0, 0.1) is 0 Å². The highest BCUT2D eigenvalue weighted by molar-refractivity contribution is 7.89. The quantitative estimate of drug-likeness (QED) is 0.573. The standard InChI is InChI=1S/C24H32N4O5S/c1-3-33-24(30)22-15-20(17-26(22)2)34(31,32)28-13-7-10-21(28)23(29)25-19-9-6-8-18(14-19)16-27-11-4-5-12-27/h6,8-9,14-15,17,21H,3-5,7,10-13,16H2,1-2H3,(H,25,29)/t21-/m0/s1. The van der Waals surface area contributed by atoms with Crippen molar-refractivity contribution < 1.29 is 22.7 Å². The van der Waals surface area contributed by atoms with Crippen molar-refractivity contribution in [1.29, 1.82) is 0 Å². The predicted molar refractivity (Wildman–Crippen MR) is 128 cm³/mol. The van der Waals surface area contributed by atoms with Crippen molar-refractivity contribution in [2.75, 3.05) is 31.6 Å². The molecule has 2 aromatic rings. The molecule has 0 aliphatic carbocycles. The van der Waals surface area contributed by atoms with E-state index in [9.17, 15) is 18.0 Å². The van der Waals surface area contributed by atoms with Crippen LogP contribution in [0.3, 0.4) is 0 Å². The number of esters is 1. The molecule has 1 aromatic heterocycles. The van der Waals surface area contributed by atoms with Gasteiger partial charge in [0.05, 0.1) is 6.61 Å². The summed E-state index contributed by atoms with van der Waals surface area (Å²) >= 11 is 0. The number of sulfonamides is 1. The third-order valence-corrected chi connectivity index (χ3v) is 8.25. The predicted octanol–water partition coefficient (Wildman–Crippen LogP) is 2.59. The van der Waals surface area contributed by atoms with Gasteiger partial charge in [0.15, 0.2) is 0 Å². The fraction of sp³-hybridized carbons (Fsp3) is 0.500. The molecule has 4 rings (SSSR count). The fourth-order valence-corrected chi connectivity index (χ4v) is 6.41. The lowest BCUT2D eigenvalue weighted by atomic mass is 10.1. The summed E-state index contributed by atoms with van der Waals surface area (Å²) in [7, 11) is -2.37. The molecule has 2 saturated heterocycles. The summed E-state index contributed by atoms with van der Waals surface area (Å²) in [6.07, 6.45) is 4.84. The first kappa shape index (κ1) is 24.4. The number of nitrogens with one attached hydrogen (secondary N) is 1. The topological polar surface area (TPSA) is 101 Å². The number of likely N-dealkylation sites (tertiary alicyclic amines) is 1. The summed E-state index contributed by atoms with van der Waals surface area (Å²) < 4.78 is 34.4. The van der Waals surface area contributed by atoms with Gasteiger partial charge in [-0.05, 0) is 69.5 Å². The Kier molecular flexibility index (Phi) is 7.39. The van der Waals surface area contributed by atoms with Gasteiger partial charge in [0.2, 0.25) is 15.9 Å². The lowest BCUT2D eigenvalue weighted by molar-refractivity contribution is -0.119. The summed E-state index contributed by atoms with van der Waals surface area (Å²) in [6, 6.07) is 8.22. The molecule has 0 spiro atoms. The lowest BCUT2D eigenvalue weighted by Crippen LogP contribution is -2.43. The first-order chi connectivity index (χ1) is 16.3. The zero-order chi connectivity index (χ0) is 24.3. The van der Waals surface area contributed by atoms with E-state index in [1.54, 1.807) is 14.0 Å². The van der Waals surface area contributed by atoms with Gasteiger partial charge >= 0.3 is 5.97 Å². The van der Waals surface area contributed by atoms with E-state index in [1.807, 2.05) is 24.3 Å². The Bertz CT molecular complexity index is 1150. The molecule has 1 amide bonds. The van der Waals surface area contributed by atoms with E-state index in [4.69, 9.17) is 4.74 Å². The average molecular weight is 489 g/mol. The van der Waals surface area contributed by atoms with Crippen molar-refractivity contribution in [3.63, 3.8) is 0 Å². The highest BCUT2D eigenvalue weighted by atomic mass is 32.2. The van der Waals surface area contributed by atoms with Crippen molar-refractivity contribution in [3.8, 4) is 0 Å². The molecular formula is C24H32N4O5S. The third-order valence-electron chi connectivity index (χ3n) is 6.38. The number of aromatic nitrogens is 1. The molecule has 0 unspecified atom stereocenters. The summed E-state index contributed by atoms with van der Waals surface area (Å²) in [5.41, 5.74) is 1.93. The molecule has 1 aromatic carbocycles. The minimum atomic E-state index is -3.96. The molecule has 0 bridgehead atoms. The Balaban J connectivity index is 1.48. The summed E-state index contributed by atoms with van der Waals surface area (Å²) in [6.45, 7) is 5.14. The monoisotopic (exact) mass is 488 g/mol. The van der Waals surface area contributed by atoms with Crippen LogP contribution in [0.5, 0.6) is 0 Å². The number of rotatable bonds is 8. The number of anilines is 1. The van der Waals surface area contributed by atoms with Gasteiger partial charge in [-0.25, -0.2) is 13.2 Å². The van der Waals surface area contributed by atoms with Gasteiger partial charge in [0.25, 0.3) is 0 Å². The summed E-state index contributed by atoms with van der Waals surface area (Å²) in [5, 5.41) is 2.91. The molecule has 2 aliphatic rings. The number of hydrogen-bond acceptors (Lipinski definition) is 6. The van der Waals surface area contributed by atoms with Crippen LogP contribution < -0.4 is 5.32 Å². The van der Waals surface area contributed by atoms with E-state index in [2.05, 4.69) is 10.2 Å². The minimum Gasteiger partial charge on any atom is -0.461 e. The molecule has 3 heterocycles. The maximum absolute atomic E-state index is 13.4. The number of benzene rings is 1. The smallest absolute Gasteiger partial charge is 0.354 e. The highest BCUT2D eigenvalue weighted by Crippen LogP contribution is 2.28. The van der Waals surface area contributed by atoms with Gasteiger partial charge < -0.3 is 14.6 Å². The van der Waals surface area contributed by atoms with Crippen LogP contribution in [0.25, 0.3) is 0 Å². The Morgan fingerprint density at radius 1 is 1.12 bits per heavy atom. The van der Waals surface area contributed by atoms with Crippen molar-refractivity contribution in [2.24, 2.45) is 7.05 Å². The molecule has 1 atom stereocenters. The number of nitrogens with zero attached hydrogens (tertiary/aromatic N) is 3. The number of aryl methyl sites for hydroxylation is 1. The maximum atomic E-state index is 13.4. The third kappa shape index (κ3) is 5.18. The molecule has 0 radical (unpaired) electrons. The molecular weight excluding hydrogens is 456 g/mol. The van der Waals surface area contributed by atoms with Gasteiger partial charge in [-0.1, -0.05) is 12.1 Å². The number of carbonyl (C=O) groups is 2. The minimum absolute atomic E-state index is 0.0228. The lowest BCUT2D eigenvalue weighted by Gasteiger charge is -2.23. The summed E-state index contributed by atoms with van der Waals surface area (Å²) in [4.78, 5) is 27.6. The normalized spacial score (nSPS) is 19.4. The van der Waals surface area contributed by atoms with E-state index in [0.717, 1.165) is 25.2 Å². The Labute approximate surface area is 200 Å². The van der Waals surface area contributed by atoms with Crippen LogP contribution >= 0.6 is 0 Å². The van der Waals surface area contributed by atoms with E-state index >= 15 is 0 Å². The highest BCUT2D eigenvalue weighted by Gasteiger charge is 2.40. The molecule has 34 heavy (non-hydrogen) atoms. The van der Waals surface area contributed by atoms with Gasteiger partial charge in [0, 0.05) is 32.0 Å². The molecule has 1 N–H and O–H groups in total. The average Bonchev–Trinajstić information content (AvgIpc) is 3.55. The van der Waals surface area contributed by atoms with Gasteiger partial charge in [-0.15, -0.1) is 0 Å². The van der Waals surface area contributed by atoms with E-state index in [0.29, 0.717) is 18.5 Å². The van der Waals surface area contributed by atoms with Gasteiger partial charge in [0.1, 0.15) is 16.6 Å². The summed E-state index contributed by atoms with van der Waals surface area (Å²) in [5.74, 6) is -0.933. The largest absolute Gasteiger partial charge is 0.461 e. The SMILES string of the molecule is CCOC(=O)c1cc(S(=O)(=O)N2CCC[C@H]2C(=O)Nc2cccc(CN3CCCC3)c2)cn1C. The Morgan fingerprint density at radius 3 is 2.62 bits per heavy atom. The van der Waals surface area contributed by atoms with Crippen LogP contribution in [0.15, 0.2) is 41.4 Å². The molecule has 0 saturated carbocycles. The van der Waals surface area contributed by atoms with Crippen LogP contribution in [0.4, 0.5) is 5.69 Å². The number of ether oxygens (including phenoxy) is 1. The fourth-order valence-electron chi connectivity index (χ4n) is 4.68. The molecule has 10 heteroatoms. The van der Waals surface area contributed by atoms with Crippen molar-refractivity contribution in [3.05, 3.63) is 47.8 Å². The molecule has 2 aliphatic heterocycles.